The summed E-state index contributed by atoms with van der Waals surface area (Å²) < 4.78 is 40.2. The van der Waals surface area contributed by atoms with Crippen LogP contribution in [0.1, 0.15) is 30.1 Å². The van der Waals surface area contributed by atoms with E-state index in [1.165, 1.54) is 4.90 Å². The first-order valence-corrected chi connectivity index (χ1v) is 6.85. The number of hydrogen-bond donors (Lipinski definition) is 2. The van der Waals surface area contributed by atoms with E-state index in [1.54, 1.807) is 6.92 Å². The quantitative estimate of drug-likeness (QED) is 0.840. The Hall–Kier alpha value is -1.76. The van der Waals surface area contributed by atoms with Gasteiger partial charge in [0.15, 0.2) is 17.4 Å². The summed E-state index contributed by atoms with van der Waals surface area (Å²) >= 11 is 0. The number of piperidine rings is 1. The average Bonchev–Trinajstić information content (AvgIpc) is 2.50. The van der Waals surface area contributed by atoms with Gasteiger partial charge in [-0.2, -0.15) is 4.39 Å². The van der Waals surface area contributed by atoms with Gasteiger partial charge in [0.25, 0.3) is 5.91 Å². The van der Waals surface area contributed by atoms with Crippen molar-refractivity contribution in [2.75, 3.05) is 19.6 Å². The Bertz CT molecular complexity index is 546. The highest BCUT2D eigenvalue weighted by molar-refractivity contribution is 5.95. The third kappa shape index (κ3) is 2.97. The Labute approximate surface area is 120 Å². The molecule has 0 radical (unpaired) electrons. The van der Waals surface area contributed by atoms with Gasteiger partial charge < -0.3 is 15.3 Å². The summed E-state index contributed by atoms with van der Waals surface area (Å²) in [5.74, 6) is -6.75. The van der Waals surface area contributed by atoms with Crippen molar-refractivity contribution < 1.29 is 23.1 Å². The Kier molecular flexibility index (Phi) is 4.72. The number of benzene rings is 1. The first-order chi connectivity index (χ1) is 9.97. The molecule has 1 aromatic rings. The lowest BCUT2D eigenvalue weighted by atomic mass is 10.0. The van der Waals surface area contributed by atoms with Crippen LogP contribution in [0.4, 0.5) is 13.2 Å². The number of phenolic OH excluding ortho intramolecular Hbond substituents is 1. The highest BCUT2D eigenvalue weighted by atomic mass is 19.2. The normalized spacial score (nSPS) is 16.0. The maximum Gasteiger partial charge on any atom is 0.257 e. The summed E-state index contributed by atoms with van der Waals surface area (Å²) in [4.78, 5) is 13.8. The maximum absolute atomic E-state index is 13.8. The third-order valence-electron chi connectivity index (χ3n) is 3.71. The Balaban J connectivity index is 2.33. The molecule has 1 heterocycles. The van der Waals surface area contributed by atoms with E-state index in [2.05, 4.69) is 5.32 Å². The zero-order chi connectivity index (χ0) is 15.6. The number of carbonyl (C=O) groups excluding carboxylic acids is 1. The van der Waals surface area contributed by atoms with Crippen LogP contribution in [0.5, 0.6) is 5.75 Å². The number of carbonyl (C=O) groups is 1. The van der Waals surface area contributed by atoms with Crippen molar-refractivity contribution in [2.45, 2.75) is 25.8 Å². The summed E-state index contributed by atoms with van der Waals surface area (Å²) in [5.41, 5.74) is -0.646. The fourth-order valence-electron chi connectivity index (χ4n) is 2.59. The molecule has 1 aliphatic heterocycles. The van der Waals surface area contributed by atoms with E-state index in [1.807, 2.05) is 0 Å². The minimum absolute atomic E-state index is 0.0848. The van der Waals surface area contributed by atoms with Crippen LogP contribution >= 0.6 is 0 Å². The van der Waals surface area contributed by atoms with Crippen LogP contribution in [0, 0.1) is 17.5 Å². The van der Waals surface area contributed by atoms with E-state index >= 15 is 0 Å². The van der Waals surface area contributed by atoms with Crippen LogP contribution in [-0.4, -0.2) is 41.6 Å². The minimum Gasteiger partial charge on any atom is -0.503 e. The van der Waals surface area contributed by atoms with Crippen molar-refractivity contribution in [1.82, 2.24) is 10.2 Å². The number of halogens is 3. The van der Waals surface area contributed by atoms with E-state index in [0.29, 0.717) is 25.5 Å². The summed E-state index contributed by atoms with van der Waals surface area (Å²) in [5, 5.41) is 12.4. The van der Waals surface area contributed by atoms with Crippen LogP contribution in [0.2, 0.25) is 0 Å². The summed E-state index contributed by atoms with van der Waals surface area (Å²) in [6, 6.07) is 0.412. The number of rotatable bonds is 3. The summed E-state index contributed by atoms with van der Waals surface area (Å²) in [6.07, 6.45) is 1.41. The Morgan fingerprint density at radius 3 is 2.52 bits per heavy atom. The number of phenols is 1. The summed E-state index contributed by atoms with van der Waals surface area (Å²) in [7, 11) is 0. The standard InChI is InChI=1S/C14H17F3N2O2/c1-2-19(8-3-5-18-6-4-8)14(21)9-7-10(15)12(17)13(20)11(9)16/h7-8,18,20H,2-6H2,1H3. The molecule has 4 nitrogen and oxygen atoms in total. The van der Waals surface area contributed by atoms with E-state index in [9.17, 15) is 23.1 Å². The molecule has 2 N–H and O–H groups in total. The molecule has 116 valence electrons. The van der Waals surface area contributed by atoms with Gasteiger partial charge in [-0.1, -0.05) is 0 Å². The van der Waals surface area contributed by atoms with Crippen molar-refractivity contribution in [1.29, 1.82) is 0 Å². The van der Waals surface area contributed by atoms with Crippen molar-refractivity contribution in [3.8, 4) is 5.75 Å². The van der Waals surface area contributed by atoms with E-state index < -0.39 is 34.7 Å². The van der Waals surface area contributed by atoms with Crippen LogP contribution < -0.4 is 5.32 Å². The van der Waals surface area contributed by atoms with Gasteiger partial charge >= 0.3 is 0 Å². The largest absolute Gasteiger partial charge is 0.503 e. The fraction of sp³-hybridized carbons (Fsp3) is 0.500. The predicted molar refractivity (Wildman–Crippen MR) is 70.6 cm³/mol. The molecule has 1 fully saturated rings. The van der Waals surface area contributed by atoms with E-state index in [0.717, 1.165) is 13.1 Å². The van der Waals surface area contributed by atoms with Gasteiger partial charge in [-0.25, -0.2) is 8.78 Å². The lowest BCUT2D eigenvalue weighted by Crippen LogP contribution is -2.46. The van der Waals surface area contributed by atoms with Crippen LogP contribution in [0.25, 0.3) is 0 Å². The molecule has 1 saturated heterocycles. The van der Waals surface area contributed by atoms with Crippen molar-refractivity contribution in [2.24, 2.45) is 0 Å². The van der Waals surface area contributed by atoms with Gasteiger partial charge in [0.05, 0.1) is 5.56 Å². The molecule has 0 bridgehead atoms. The van der Waals surface area contributed by atoms with Gasteiger partial charge in [-0.05, 0) is 38.9 Å². The molecule has 2 rings (SSSR count). The lowest BCUT2D eigenvalue weighted by Gasteiger charge is -2.34. The number of hydrogen-bond acceptors (Lipinski definition) is 3. The third-order valence-corrected chi connectivity index (χ3v) is 3.71. The van der Waals surface area contributed by atoms with Crippen molar-refractivity contribution in [3.05, 3.63) is 29.1 Å². The molecule has 0 saturated carbocycles. The highest BCUT2D eigenvalue weighted by Crippen LogP contribution is 2.27. The molecule has 0 spiro atoms. The molecular formula is C14H17F3N2O2. The van der Waals surface area contributed by atoms with Crippen LogP contribution in [-0.2, 0) is 0 Å². The second kappa shape index (κ2) is 6.34. The first kappa shape index (κ1) is 15.6. The number of amides is 1. The number of nitrogens with one attached hydrogen (secondary N) is 1. The second-order valence-corrected chi connectivity index (χ2v) is 4.95. The maximum atomic E-state index is 13.8. The van der Waals surface area contributed by atoms with Crippen LogP contribution in [0.3, 0.4) is 0 Å². The molecule has 7 heteroatoms. The SMILES string of the molecule is CCN(C(=O)c1cc(F)c(F)c(O)c1F)C1CCNCC1. The van der Waals surface area contributed by atoms with Crippen molar-refractivity contribution in [3.63, 3.8) is 0 Å². The molecule has 21 heavy (non-hydrogen) atoms. The van der Waals surface area contributed by atoms with E-state index in [-0.39, 0.29) is 6.04 Å². The fourth-order valence-corrected chi connectivity index (χ4v) is 2.59. The van der Waals surface area contributed by atoms with Gasteiger partial charge in [-0.15, -0.1) is 0 Å². The van der Waals surface area contributed by atoms with Gasteiger partial charge in [0, 0.05) is 12.6 Å². The van der Waals surface area contributed by atoms with Crippen LogP contribution in [0.15, 0.2) is 6.07 Å². The number of aromatic hydroxyl groups is 1. The molecule has 0 aromatic heterocycles. The molecule has 0 unspecified atom stereocenters. The summed E-state index contributed by atoms with van der Waals surface area (Å²) in [6.45, 7) is 3.53. The Morgan fingerprint density at radius 1 is 1.33 bits per heavy atom. The smallest absolute Gasteiger partial charge is 0.257 e. The topological polar surface area (TPSA) is 52.6 Å². The predicted octanol–water partition coefficient (Wildman–Crippen LogP) is 2.02. The van der Waals surface area contributed by atoms with Gasteiger partial charge in [-0.3, -0.25) is 4.79 Å². The number of nitrogens with zero attached hydrogens (tertiary/aromatic N) is 1. The van der Waals surface area contributed by atoms with Crippen molar-refractivity contribution >= 4 is 5.91 Å². The first-order valence-electron chi connectivity index (χ1n) is 6.85. The molecule has 1 aliphatic rings. The minimum atomic E-state index is -1.69. The molecular weight excluding hydrogens is 285 g/mol. The molecule has 1 amide bonds. The Morgan fingerprint density at radius 2 is 1.95 bits per heavy atom. The highest BCUT2D eigenvalue weighted by Gasteiger charge is 2.29. The molecule has 0 atom stereocenters. The lowest BCUT2D eigenvalue weighted by molar-refractivity contribution is 0.0649. The molecule has 0 aliphatic carbocycles. The monoisotopic (exact) mass is 302 g/mol. The zero-order valence-electron chi connectivity index (χ0n) is 11.6. The molecule has 1 aromatic carbocycles. The van der Waals surface area contributed by atoms with Gasteiger partial charge in [0.2, 0.25) is 5.82 Å². The van der Waals surface area contributed by atoms with Gasteiger partial charge in [0.1, 0.15) is 0 Å². The average molecular weight is 302 g/mol. The second-order valence-electron chi connectivity index (χ2n) is 4.95. The zero-order valence-corrected chi connectivity index (χ0v) is 11.6. The van der Waals surface area contributed by atoms with E-state index in [4.69, 9.17) is 0 Å².